The van der Waals surface area contributed by atoms with Gasteiger partial charge in [-0.2, -0.15) is 0 Å². The Labute approximate surface area is 98.3 Å². The second-order valence-corrected chi connectivity index (χ2v) is 4.21. The topological polar surface area (TPSA) is 29.5 Å². The van der Waals surface area contributed by atoms with Crippen LogP contribution in [0, 0.1) is 0 Å². The molecule has 0 spiro atoms. The first-order chi connectivity index (χ1) is 7.67. The van der Waals surface area contributed by atoms with Crippen LogP contribution in [0.3, 0.4) is 0 Å². The highest BCUT2D eigenvalue weighted by molar-refractivity contribution is 5.28. The highest BCUT2D eigenvalue weighted by Crippen LogP contribution is 2.21. The smallest absolute Gasteiger partial charge is 0.119 e. The van der Waals surface area contributed by atoms with E-state index in [0.29, 0.717) is 0 Å². The average Bonchev–Trinajstić information content (AvgIpc) is 2.29. The number of ether oxygens (including phenoxy) is 1. The molecule has 0 saturated heterocycles. The molecule has 0 amide bonds. The normalized spacial score (nSPS) is 14.5. The van der Waals surface area contributed by atoms with Crippen molar-refractivity contribution in [2.45, 2.75) is 52.2 Å². The van der Waals surface area contributed by atoms with E-state index < -0.39 is 0 Å². The Morgan fingerprint density at radius 3 is 2.31 bits per heavy atom. The number of benzene rings is 1. The predicted molar refractivity (Wildman–Crippen MR) is 66.7 cm³/mol. The minimum atomic E-state index is -0.359. The fourth-order valence-electron chi connectivity index (χ4n) is 1.70. The van der Waals surface area contributed by atoms with Gasteiger partial charge in [-0.1, -0.05) is 32.4 Å². The lowest BCUT2D eigenvalue weighted by Gasteiger charge is -2.14. The van der Waals surface area contributed by atoms with Crippen LogP contribution in [0.25, 0.3) is 0 Å². The summed E-state index contributed by atoms with van der Waals surface area (Å²) in [6.07, 6.45) is 2.84. The maximum absolute atomic E-state index is 9.65. The zero-order valence-electron chi connectivity index (χ0n) is 10.4. The summed E-state index contributed by atoms with van der Waals surface area (Å²) < 4.78 is 5.74. The molecule has 1 unspecified atom stereocenters. The van der Waals surface area contributed by atoms with Crippen LogP contribution in [0.15, 0.2) is 24.3 Å². The summed E-state index contributed by atoms with van der Waals surface area (Å²) in [5, 5.41) is 9.65. The molecule has 2 heteroatoms. The molecular weight excluding hydrogens is 200 g/mol. The van der Waals surface area contributed by atoms with Crippen LogP contribution in [0.1, 0.15) is 51.7 Å². The van der Waals surface area contributed by atoms with Crippen molar-refractivity contribution in [1.82, 2.24) is 0 Å². The summed E-state index contributed by atoms with van der Waals surface area (Å²) >= 11 is 0. The molecule has 0 fully saturated rings. The molecule has 0 aliphatic rings. The number of hydrogen-bond donors (Lipinski definition) is 1. The third-order valence-electron chi connectivity index (χ3n) is 2.68. The monoisotopic (exact) mass is 222 g/mol. The van der Waals surface area contributed by atoms with Gasteiger partial charge in [0.05, 0.1) is 12.2 Å². The third kappa shape index (κ3) is 3.86. The highest BCUT2D eigenvalue weighted by atomic mass is 16.5. The van der Waals surface area contributed by atoms with Crippen molar-refractivity contribution < 1.29 is 9.84 Å². The third-order valence-corrected chi connectivity index (χ3v) is 2.68. The van der Waals surface area contributed by atoms with Gasteiger partial charge in [0.1, 0.15) is 5.75 Å². The van der Waals surface area contributed by atoms with Crippen molar-refractivity contribution in [2.24, 2.45) is 0 Å². The molecule has 1 N–H and O–H groups in total. The van der Waals surface area contributed by atoms with Gasteiger partial charge in [0.15, 0.2) is 0 Å². The van der Waals surface area contributed by atoms with E-state index in [2.05, 4.69) is 13.8 Å². The molecule has 0 aliphatic carbocycles. The van der Waals surface area contributed by atoms with E-state index in [0.717, 1.165) is 30.6 Å². The van der Waals surface area contributed by atoms with Gasteiger partial charge in [0.2, 0.25) is 0 Å². The molecule has 2 atom stereocenters. The standard InChI is InChI=1S/C14H22O2/c1-4-6-11(3)16-13-9-7-12(8-10-13)14(15)5-2/h7-11,14-15H,4-6H2,1-3H3/t11?,14-/m1/s1. The summed E-state index contributed by atoms with van der Waals surface area (Å²) in [6.45, 7) is 6.21. The van der Waals surface area contributed by atoms with Gasteiger partial charge >= 0.3 is 0 Å². The van der Waals surface area contributed by atoms with Crippen LogP contribution in [0.2, 0.25) is 0 Å². The van der Waals surface area contributed by atoms with Crippen LogP contribution in [0.5, 0.6) is 5.75 Å². The lowest BCUT2D eigenvalue weighted by atomic mass is 10.1. The van der Waals surface area contributed by atoms with E-state index in [-0.39, 0.29) is 12.2 Å². The van der Waals surface area contributed by atoms with E-state index in [1.54, 1.807) is 0 Å². The Balaban J connectivity index is 2.57. The van der Waals surface area contributed by atoms with E-state index in [9.17, 15) is 5.11 Å². The van der Waals surface area contributed by atoms with Gasteiger partial charge in [-0.3, -0.25) is 0 Å². The lowest BCUT2D eigenvalue weighted by molar-refractivity contribution is 0.173. The van der Waals surface area contributed by atoms with Crippen molar-refractivity contribution in [3.8, 4) is 5.75 Å². The molecule has 90 valence electrons. The lowest BCUT2D eigenvalue weighted by Crippen LogP contribution is -2.10. The highest BCUT2D eigenvalue weighted by Gasteiger charge is 2.06. The minimum absolute atomic E-state index is 0.256. The molecule has 0 saturated carbocycles. The molecule has 1 aromatic carbocycles. The first-order valence-electron chi connectivity index (χ1n) is 6.12. The predicted octanol–water partition coefficient (Wildman–Crippen LogP) is 3.70. The van der Waals surface area contributed by atoms with Gasteiger partial charge < -0.3 is 9.84 Å². The molecule has 2 nitrogen and oxygen atoms in total. The Morgan fingerprint density at radius 1 is 1.19 bits per heavy atom. The summed E-state index contributed by atoms with van der Waals surface area (Å²) in [5.41, 5.74) is 0.956. The maximum atomic E-state index is 9.65. The van der Waals surface area contributed by atoms with Crippen molar-refractivity contribution >= 4 is 0 Å². The van der Waals surface area contributed by atoms with Gasteiger partial charge in [-0.15, -0.1) is 0 Å². The Morgan fingerprint density at radius 2 is 1.81 bits per heavy atom. The molecule has 1 aromatic rings. The van der Waals surface area contributed by atoms with Crippen molar-refractivity contribution in [2.75, 3.05) is 0 Å². The Hall–Kier alpha value is -1.02. The Bertz CT molecular complexity index is 292. The largest absolute Gasteiger partial charge is 0.491 e. The van der Waals surface area contributed by atoms with Gasteiger partial charge in [0, 0.05) is 0 Å². The zero-order chi connectivity index (χ0) is 12.0. The Kier molecular flexibility index (Phi) is 5.33. The van der Waals surface area contributed by atoms with Crippen LogP contribution >= 0.6 is 0 Å². The zero-order valence-corrected chi connectivity index (χ0v) is 10.4. The van der Waals surface area contributed by atoms with E-state index in [4.69, 9.17) is 4.74 Å². The second-order valence-electron chi connectivity index (χ2n) is 4.21. The van der Waals surface area contributed by atoms with Crippen LogP contribution in [0.4, 0.5) is 0 Å². The van der Waals surface area contributed by atoms with Crippen molar-refractivity contribution in [1.29, 1.82) is 0 Å². The minimum Gasteiger partial charge on any atom is -0.491 e. The first kappa shape index (κ1) is 13.0. The quantitative estimate of drug-likeness (QED) is 0.795. The van der Waals surface area contributed by atoms with Crippen molar-refractivity contribution in [3.63, 3.8) is 0 Å². The van der Waals surface area contributed by atoms with Crippen LogP contribution < -0.4 is 4.74 Å². The summed E-state index contributed by atoms with van der Waals surface area (Å²) in [5.74, 6) is 0.882. The van der Waals surface area contributed by atoms with E-state index in [1.807, 2.05) is 31.2 Å². The van der Waals surface area contributed by atoms with Gasteiger partial charge in [-0.05, 0) is 37.5 Å². The second kappa shape index (κ2) is 6.54. The molecule has 0 aromatic heterocycles. The number of hydrogen-bond acceptors (Lipinski definition) is 2. The van der Waals surface area contributed by atoms with Crippen LogP contribution in [-0.2, 0) is 0 Å². The molecule has 0 heterocycles. The molecule has 0 bridgehead atoms. The molecule has 0 radical (unpaired) electrons. The SMILES string of the molecule is CCCC(C)Oc1ccc([C@H](O)CC)cc1. The van der Waals surface area contributed by atoms with Gasteiger partial charge in [-0.25, -0.2) is 0 Å². The maximum Gasteiger partial charge on any atom is 0.119 e. The fraction of sp³-hybridized carbons (Fsp3) is 0.571. The molecule has 1 rings (SSSR count). The molecule has 16 heavy (non-hydrogen) atoms. The molecule has 0 aliphatic heterocycles. The number of aliphatic hydroxyl groups excluding tert-OH is 1. The number of aliphatic hydroxyl groups is 1. The van der Waals surface area contributed by atoms with E-state index in [1.165, 1.54) is 0 Å². The summed E-state index contributed by atoms with van der Waals surface area (Å²) in [4.78, 5) is 0. The first-order valence-corrected chi connectivity index (χ1v) is 6.12. The average molecular weight is 222 g/mol. The van der Waals surface area contributed by atoms with E-state index >= 15 is 0 Å². The van der Waals surface area contributed by atoms with Crippen molar-refractivity contribution in [3.05, 3.63) is 29.8 Å². The molecular formula is C14H22O2. The summed E-state index contributed by atoms with van der Waals surface area (Å²) in [6, 6.07) is 7.73. The number of rotatable bonds is 6. The van der Waals surface area contributed by atoms with Gasteiger partial charge in [0.25, 0.3) is 0 Å². The fourth-order valence-corrected chi connectivity index (χ4v) is 1.70. The summed E-state index contributed by atoms with van der Waals surface area (Å²) in [7, 11) is 0. The van der Waals surface area contributed by atoms with Crippen LogP contribution in [-0.4, -0.2) is 11.2 Å².